The molecule has 5 heteroatoms. The van der Waals surface area contributed by atoms with Crippen LogP contribution in [0.1, 0.15) is 0 Å². The Morgan fingerprint density at radius 2 is 1.58 bits per heavy atom. The van der Waals surface area contributed by atoms with Crippen molar-refractivity contribution in [2.75, 3.05) is 17.2 Å². The lowest BCUT2D eigenvalue weighted by molar-refractivity contribution is -0.118. The molecule has 2 aromatic carbocycles. The summed E-state index contributed by atoms with van der Waals surface area (Å²) in [4.78, 5) is 16.1. The summed E-state index contributed by atoms with van der Waals surface area (Å²) >= 11 is 0. The van der Waals surface area contributed by atoms with Crippen molar-refractivity contribution in [2.45, 2.75) is 0 Å². The van der Waals surface area contributed by atoms with Gasteiger partial charge < -0.3 is 15.4 Å². The lowest BCUT2D eigenvalue weighted by Gasteiger charge is -2.08. The van der Waals surface area contributed by atoms with Crippen LogP contribution in [-0.4, -0.2) is 17.5 Å². The summed E-state index contributed by atoms with van der Waals surface area (Å²) in [7, 11) is 0. The average molecular weight is 319 g/mol. The minimum absolute atomic E-state index is 0.0598. The van der Waals surface area contributed by atoms with Crippen LogP contribution in [0.3, 0.4) is 0 Å². The van der Waals surface area contributed by atoms with Crippen LogP contribution in [0.25, 0.3) is 0 Å². The van der Waals surface area contributed by atoms with E-state index in [2.05, 4.69) is 15.6 Å². The molecular formula is C19H17N3O2. The molecule has 0 radical (unpaired) electrons. The van der Waals surface area contributed by atoms with Gasteiger partial charge >= 0.3 is 0 Å². The van der Waals surface area contributed by atoms with Crippen molar-refractivity contribution in [3.05, 3.63) is 79.0 Å². The van der Waals surface area contributed by atoms with Crippen molar-refractivity contribution in [1.29, 1.82) is 0 Å². The summed E-state index contributed by atoms with van der Waals surface area (Å²) in [5, 5.41) is 5.93. The minimum Gasteiger partial charge on any atom is -0.484 e. The minimum atomic E-state index is -0.255. The standard InChI is InChI=1S/C19H17N3O2/c23-19(14-24-17-9-5-2-6-10-17)22-18-12-11-16(13-20-18)21-15-7-3-1-4-8-15/h1-13,21H,14H2,(H,20,22,23). The van der Waals surface area contributed by atoms with Gasteiger partial charge in [0.2, 0.25) is 0 Å². The number of rotatable bonds is 6. The van der Waals surface area contributed by atoms with Crippen molar-refractivity contribution in [3.8, 4) is 5.75 Å². The largest absolute Gasteiger partial charge is 0.484 e. The highest BCUT2D eigenvalue weighted by molar-refractivity contribution is 5.91. The Bertz CT molecular complexity index is 775. The molecule has 0 spiro atoms. The van der Waals surface area contributed by atoms with E-state index < -0.39 is 0 Å². The summed E-state index contributed by atoms with van der Waals surface area (Å²) in [5.41, 5.74) is 1.83. The first kappa shape index (κ1) is 15.6. The van der Waals surface area contributed by atoms with Crippen LogP contribution < -0.4 is 15.4 Å². The van der Waals surface area contributed by atoms with Gasteiger partial charge in [-0.3, -0.25) is 4.79 Å². The van der Waals surface area contributed by atoms with Gasteiger partial charge in [0.05, 0.1) is 11.9 Å². The van der Waals surface area contributed by atoms with E-state index in [1.807, 2.05) is 54.6 Å². The van der Waals surface area contributed by atoms with Gasteiger partial charge in [-0.1, -0.05) is 36.4 Å². The van der Waals surface area contributed by atoms with Gasteiger partial charge in [-0.05, 0) is 36.4 Å². The highest BCUT2D eigenvalue weighted by Crippen LogP contribution is 2.16. The maximum absolute atomic E-state index is 11.9. The maximum atomic E-state index is 11.9. The second kappa shape index (κ2) is 7.78. The molecule has 1 aromatic heterocycles. The lowest BCUT2D eigenvalue weighted by atomic mass is 10.3. The summed E-state index contributed by atoms with van der Waals surface area (Å²) in [6.07, 6.45) is 1.67. The van der Waals surface area contributed by atoms with Gasteiger partial charge in [-0.2, -0.15) is 0 Å². The number of carbonyl (C=O) groups is 1. The number of hydrogen-bond acceptors (Lipinski definition) is 4. The SMILES string of the molecule is O=C(COc1ccccc1)Nc1ccc(Nc2ccccc2)cn1. The molecule has 120 valence electrons. The van der Waals surface area contributed by atoms with Crippen molar-refractivity contribution < 1.29 is 9.53 Å². The van der Waals surface area contributed by atoms with Crippen LogP contribution in [0.2, 0.25) is 0 Å². The zero-order valence-corrected chi connectivity index (χ0v) is 13.0. The van der Waals surface area contributed by atoms with Crippen molar-refractivity contribution in [1.82, 2.24) is 4.98 Å². The number of amides is 1. The summed E-state index contributed by atoms with van der Waals surface area (Å²) in [5.74, 6) is 0.883. The Labute approximate surface area is 140 Å². The van der Waals surface area contributed by atoms with Gasteiger partial charge in [0, 0.05) is 5.69 Å². The van der Waals surface area contributed by atoms with E-state index in [0.29, 0.717) is 11.6 Å². The monoisotopic (exact) mass is 319 g/mol. The molecule has 3 rings (SSSR count). The summed E-state index contributed by atoms with van der Waals surface area (Å²) in [6.45, 7) is -0.0598. The summed E-state index contributed by atoms with van der Waals surface area (Å²) < 4.78 is 5.39. The Hall–Kier alpha value is -3.34. The van der Waals surface area contributed by atoms with Crippen molar-refractivity contribution in [2.24, 2.45) is 0 Å². The number of para-hydroxylation sites is 2. The Balaban J connectivity index is 1.51. The van der Waals surface area contributed by atoms with Crippen LogP contribution in [0.5, 0.6) is 5.75 Å². The molecule has 0 fully saturated rings. The summed E-state index contributed by atoms with van der Waals surface area (Å²) in [6, 6.07) is 22.6. The third kappa shape index (κ3) is 4.58. The number of benzene rings is 2. The Kier molecular flexibility index (Phi) is 5.04. The molecule has 2 N–H and O–H groups in total. The first-order chi connectivity index (χ1) is 11.8. The molecule has 0 atom stereocenters. The fraction of sp³-hybridized carbons (Fsp3) is 0.0526. The number of carbonyl (C=O) groups excluding carboxylic acids is 1. The van der Waals surface area contributed by atoms with E-state index in [-0.39, 0.29) is 12.5 Å². The Morgan fingerprint density at radius 3 is 2.25 bits per heavy atom. The molecule has 0 aliphatic rings. The molecule has 0 bridgehead atoms. The normalized spacial score (nSPS) is 10.0. The second-order valence-corrected chi connectivity index (χ2v) is 5.07. The van der Waals surface area contributed by atoms with Crippen LogP contribution >= 0.6 is 0 Å². The van der Waals surface area contributed by atoms with E-state index in [1.165, 1.54) is 0 Å². The van der Waals surface area contributed by atoms with Crippen LogP contribution in [0, 0.1) is 0 Å². The molecule has 1 heterocycles. The third-order valence-corrected chi connectivity index (χ3v) is 3.21. The molecule has 0 saturated carbocycles. The second-order valence-electron chi connectivity index (χ2n) is 5.07. The molecule has 0 aliphatic carbocycles. The third-order valence-electron chi connectivity index (χ3n) is 3.21. The van der Waals surface area contributed by atoms with E-state index in [1.54, 1.807) is 24.4 Å². The number of nitrogens with one attached hydrogen (secondary N) is 2. The van der Waals surface area contributed by atoms with E-state index >= 15 is 0 Å². The topological polar surface area (TPSA) is 63.2 Å². The number of nitrogens with zero attached hydrogens (tertiary/aromatic N) is 1. The molecule has 0 unspecified atom stereocenters. The first-order valence-corrected chi connectivity index (χ1v) is 7.55. The Morgan fingerprint density at radius 1 is 0.875 bits per heavy atom. The molecule has 0 saturated heterocycles. The van der Waals surface area contributed by atoms with Gasteiger partial charge in [0.25, 0.3) is 5.91 Å². The molecule has 5 nitrogen and oxygen atoms in total. The number of pyridine rings is 1. The fourth-order valence-electron chi connectivity index (χ4n) is 2.07. The lowest BCUT2D eigenvalue weighted by Crippen LogP contribution is -2.20. The van der Waals surface area contributed by atoms with Crippen molar-refractivity contribution >= 4 is 23.1 Å². The maximum Gasteiger partial charge on any atom is 0.263 e. The molecular weight excluding hydrogens is 302 g/mol. The highest BCUT2D eigenvalue weighted by atomic mass is 16.5. The van der Waals surface area contributed by atoms with E-state index in [0.717, 1.165) is 11.4 Å². The smallest absolute Gasteiger partial charge is 0.263 e. The van der Waals surface area contributed by atoms with Crippen LogP contribution in [-0.2, 0) is 4.79 Å². The predicted octanol–water partition coefficient (Wildman–Crippen LogP) is 3.84. The zero-order chi connectivity index (χ0) is 16.6. The van der Waals surface area contributed by atoms with Gasteiger partial charge in [0.1, 0.15) is 11.6 Å². The van der Waals surface area contributed by atoms with E-state index in [9.17, 15) is 4.79 Å². The molecule has 24 heavy (non-hydrogen) atoms. The highest BCUT2D eigenvalue weighted by Gasteiger charge is 2.04. The first-order valence-electron chi connectivity index (χ1n) is 7.55. The number of anilines is 3. The molecule has 1 amide bonds. The van der Waals surface area contributed by atoms with Gasteiger partial charge in [0.15, 0.2) is 6.61 Å². The van der Waals surface area contributed by atoms with E-state index in [4.69, 9.17) is 4.74 Å². The quantitative estimate of drug-likeness (QED) is 0.724. The number of ether oxygens (including phenoxy) is 1. The van der Waals surface area contributed by atoms with Crippen LogP contribution in [0.15, 0.2) is 79.0 Å². The molecule has 3 aromatic rings. The predicted molar refractivity (Wildman–Crippen MR) is 94.5 cm³/mol. The molecule has 0 aliphatic heterocycles. The zero-order valence-electron chi connectivity index (χ0n) is 13.0. The fourth-order valence-corrected chi connectivity index (χ4v) is 2.07. The number of hydrogen-bond donors (Lipinski definition) is 2. The van der Waals surface area contributed by atoms with Gasteiger partial charge in [-0.25, -0.2) is 4.98 Å². The number of aromatic nitrogens is 1. The van der Waals surface area contributed by atoms with Crippen LogP contribution in [0.4, 0.5) is 17.2 Å². The van der Waals surface area contributed by atoms with Gasteiger partial charge in [-0.15, -0.1) is 0 Å². The van der Waals surface area contributed by atoms with Crippen molar-refractivity contribution in [3.63, 3.8) is 0 Å². The average Bonchev–Trinajstić information content (AvgIpc) is 2.63.